The van der Waals surface area contributed by atoms with Crippen LogP contribution in [0.25, 0.3) is 0 Å². The Morgan fingerprint density at radius 2 is 2.06 bits per heavy atom. The second kappa shape index (κ2) is 3.22. The number of carboxylic acid groups (broad SMARTS) is 1. The van der Waals surface area contributed by atoms with Gasteiger partial charge in [0.1, 0.15) is 5.54 Å². The number of rotatable bonds is 4. The minimum Gasteiger partial charge on any atom is -0.479 e. The second-order valence-corrected chi connectivity index (χ2v) is 5.55. The molecule has 0 aromatic rings. The van der Waals surface area contributed by atoms with Crippen LogP contribution in [0.5, 0.6) is 0 Å². The monoisotopic (exact) mass is 223 g/mol. The number of fused-ring (bicyclic) bond motifs is 2. The molecule has 4 heteroatoms. The summed E-state index contributed by atoms with van der Waals surface area (Å²) in [6, 6.07) is 0.202. The lowest BCUT2D eigenvalue weighted by Crippen LogP contribution is -2.58. The van der Waals surface area contributed by atoms with Crippen molar-refractivity contribution < 1.29 is 14.7 Å². The van der Waals surface area contributed by atoms with E-state index in [4.69, 9.17) is 0 Å². The maximum absolute atomic E-state index is 11.6. The van der Waals surface area contributed by atoms with Crippen molar-refractivity contribution in [1.29, 1.82) is 0 Å². The molecule has 0 spiro atoms. The first-order valence-electron chi connectivity index (χ1n) is 6.15. The van der Waals surface area contributed by atoms with Gasteiger partial charge in [0.2, 0.25) is 6.41 Å². The standard InChI is InChI=1S/C12H17NO3/c14-7-13(10-3-4-10)12(11(15)16)6-8-1-2-9(12)5-8/h7-10H,1-6H2,(H,15,16). The molecular weight excluding hydrogens is 206 g/mol. The van der Waals surface area contributed by atoms with Crippen molar-refractivity contribution in [2.24, 2.45) is 11.8 Å². The fourth-order valence-electron chi connectivity index (χ4n) is 3.85. The topological polar surface area (TPSA) is 57.6 Å². The maximum Gasteiger partial charge on any atom is 0.329 e. The third-order valence-corrected chi connectivity index (χ3v) is 4.70. The predicted octanol–water partition coefficient (Wildman–Crippen LogP) is 1.25. The van der Waals surface area contributed by atoms with Gasteiger partial charge in [0.25, 0.3) is 0 Å². The van der Waals surface area contributed by atoms with Crippen molar-refractivity contribution in [2.75, 3.05) is 0 Å². The van der Waals surface area contributed by atoms with Crippen LogP contribution in [0.2, 0.25) is 0 Å². The van der Waals surface area contributed by atoms with E-state index in [1.807, 2.05) is 0 Å². The summed E-state index contributed by atoms with van der Waals surface area (Å²) in [5, 5.41) is 9.56. The molecule has 3 aliphatic carbocycles. The lowest BCUT2D eigenvalue weighted by molar-refractivity contribution is -0.160. The zero-order chi connectivity index (χ0) is 11.3. The van der Waals surface area contributed by atoms with E-state index in [1.54, 1.807) is 4.90 Å². The van der Waals surface area contributed by atoms with Crippen LogP contribution in [0, 0.1) is 11.8 Å². The Morgan fingerprint density at radius 1 is 1.31 bits per heavy atom. The first-order valence-corrected chi connectivity index (χ1v) is 6.15. The summed E-state index contributed by atoms with van der Waals surface area (Å²) in [5.74, 6) is -0.0539. The third kappa shape index (κ3) is 1.16. The highest BCUT2D eigenvalue weighted by Gasteiger charge is 2.61. The van der Waals surface area contributed by atoms with Gasteiger partial charge in [-0.3, -0.25) is 4.79 Å². The zero-order valence-corrected chi connectivity index (χ0v) is 9.26. The largest absolute Gasteiger partial charge is 0.479 e. The number of hydrogen-bond acceptors (Lipinski definition) is 2. The summed E-state index contributed by atoms with van der Waals surface area (Å²) in [5.41, 5.74) is -0.855. The highest BCUT2D eigenvalue weighted by atomic mass is 16.4. The molecule has 0 aromatic carbocycles. The smallest absolute Gasteiger partial charge is 0.329 e. The minimum atomic E-state index is -0.855. The minimum absolute atomic E-state index is 0.195. The van der Waals surface area contributed by atoms with Crippen LogP contribution in [0.15, 0.2) is 0 Å². The Hall–Kier alpha value is -1.06. The van der Waals surface area contributed by atoms with Crippen LogP contribution in [-0.4, -0.2) is 34.0 Å². The molecule has 1 amide bonds. The second-order valence-electron chi connectivity index (χ2n) is 5.55. The molecule has 3 fully saturated rings. The summed E-state index contributed by atoms with van der Waals surface area (Å²) in [4.78, 5) is 24.5. The first kappa shape index (κ1) is 10.1. The first-order chi connectivity index (χ1) is 7.68. The molecule has 4 nitrogen and oxygen atoms in total. The lowest BCUT2D eigenvalue weighted by atomic mass is 9.79. The number of carboxylic acids is 1. The predicted molar refractivity (Wildman–Crippen MR) is 56.7 cm³/mol. The molecule has 88 valence electrons. The highest BCUT2D eigenvalue weighted by molar-refractivity contribution is 5.83. The quantitative estimate of drug-likeness (QED) is 0.730. The fourth-order valence-corrected chi connectivity index (χ4v) is 3.85. The average Bonchev–Trinajstić information content (AvgIpc) is 2.88. The van der Waals surface area contributed by atoms with E-state index in [9.17, 15) is 14.7 Å². The molecule has 3 aliphatic rings. The molecule has 3 atom stereocenters. The summed E-state index contributed by atoms with van der Waals surface area (Å²) < 4.78 is 0. The van der Waals surface area contributed by atoms with Crippen molar-refractivity contribution in [3.05, 3.63) is 0 Å². The molecule has 0 radical (unpaired) electrons. The van der Waals surface area contributed by atoms with E-state index < -0.39 is 11.5 Å². The Bertz CT molecular complexity index is 339. The summed E-state index contributed by atoms with van der Waals surface area (Å²) in [6.07, 6.45) is 6.56. The van der Waals surface area contributed by atoms with Crippen LogP contribution in [0.3, 0.4) is 0 Å². The van der Waals surface area contributed by atoms with E-state index in [-0.39, 0.29) is 12.0 Å². The zero-order valence-electron chi connectivity index (χ0n) is 9.26. The summed E-state index contributed by atoms with van der Waals surface area (Å²) in [6.45, 7) is 0. The SMILES string of the molecule is O=CN(C1CC1)C1(C(=O)O)CC2CCC1C2. The van der Waals surface area contributed by atoms with Gasteiger partial charge < -0.3 is 10.0 Å². The Kier molecular flexibility index (Phi) is 2.03. The molecular formula is C12H17NO3. The molecule has 0 saturated heterocycles. The van der Waals surface area contributed by atoms with E-state index >= 15 is 0 Å². The van der Waals surface area contributed by atoms with Crippen LogP contribution in [0.4, 0.5) is 0 Å². The van der Waals surface area contributed by atoms with Gasteiger partial charge in [-0.1, -0.05) is 0 Å². The summed E-state index contributed by atoms with van der Waals surface area (Å²) in [7, 11) is 0. The number of hydrogen-bond donors (Lipinski definition) is 1. The van der Waals surface area contributed by atoms with Gasteiger partial charge >= 0.3 is 5.97 Å². The number of amides is 1. The van der Waals surface area contributed by atoms with Crippen LogP contribution in [0.1, 0.15) is 38.5 Å². The van der Waals surface area contributed by atoms with Crippen molar-refractivity contribution in [1.82, 2.24) is 4.90 Å². The Labute approximate surface area is 94.6 Å². The number of nitrogens with zero attached hydrogens (tertiary/aromatic N) is 1. The average molecular weight is 223 g/mol. The molecule has 16 heavy (non-hydrogen) atoms. The van der Waals surface area contributed by atoms with Gasteiger partial charge in [-0.15, -0.1) is 0 Å². The van der Waals surface area contributed by atoms with Gasteiger partial charge in [-0.2, -0.15) is 0 Å². The van der Waals surface area contributed by atoms with Crippen molar-refractivity contribution in [3.63, 3.8) is 0 Å². The van der Waals surface area contributed by atoms with Gasteiger partial charge in [-0.25, -0.2) is 4.79 Å². The Morgan fingerprint density at radius 3 is 2.44 bits per heavy atom. The molecule has 3 rings (SSSR count). The van der Waals surface area contributed by atoms with Crippen molar-refractivity contribution >= 4 is 12.4 Å². The van der Waals surface area contributed by atoms with Crippen LogP contribution in [-0.2, 0) is 9.59 Å². The molecule has 1 N–H and O–H groups in total. The molecule has 0 aromatic heterocycles. The molecule has 0 aliphatic heterocycles. The van der Waals surface area contributed by atoms with Crippen LogP contribution < -0.4 is 0 Å². The fraction of sp³-hybridized carbons (Fsp3) is 0.833. The number of carbonyl (C=O) groups excluding carboxylic acids is 1. The maximum atomic E-state index is 11.6. The van der Waals surface area contributed by atoms with Crippen molar-refractivity contribution in [2.45, 2.75) is 50.1 Å². The molecule has 2 bridgehead atoms. The number of carbonyl (C=O) groups is 2. The molecule has 3 unspecified atom stereocenters. The van der Waals surface area contributed by atoms with E-state index in [2.05, 4.69) is 0 Å². The number of aliphatic carboxylic acids is 1. The lowest BCUT2D eigenvalue weighted by Gasteiger charge is -2.41. The van der Waals surface area contributed by atoms with Crippen LogP contribution >= 0.6 is 0 Å². The van der Waals surface area contributed by atoms with E-state index in [0.717, 1.165) is 38.5 Å². The van der Waals surface area contributed by atoms with Crippen molar-refractivity contribution in [3.8, 4) is 0 Å². The Balaban J connectivity index is 1.96. The van der Waals surface area contributed by atoms with Gasteiger partial charge in [0, 0.05) is 6.04 Å². The van der Waals surface area contributed by atoms with Gasteiger partial charge in [0.05, 0.1) is 0 Å². The normalized spacial score (nSPS) is 41.0. The summed E-state index contributed by atoms with van der Waals surface area (Å²) >= 11 is 0. The van der Waals surface area contributed by atoms with E-state index in [1.165, 1.54) is 0 Å². The highest BCUT2D eigenvalue weighted by Crippen LogP contribution is 2.55. The van der Waals surface area contributed by atoms with Gasteiger partial charge in [-0.05, 0) is 50.4 Å². The van der Waals surface area contributed by atoms with E-state index in [0.29, 0.717) is 12.3 Å². The molecule has 3 saturated carbocycles. The van der Waals surface area contributed by atoms with Gasteiger partial charge in [0.15, 0.2) is 0 Å². The molecule has 0 heterocycles. The third-order valence-electron chi connectivity index (χ3n) is 4.70.